The first-order valence-corrected chi connectivity index (χ1v) is 12.4. The third kappa shape index (κ3) is 8.14. The SMILES string of the molecule is COCO[C@@H]1C/C=C\CCCCCCC[C@H](C)OC(=O)/C=C/[C@H]2O[C@@](C)(OC)[C@](C)(OC)O[C@H]21. The molecule has 0 radical (unpaired) electrons. The number of methoxy groups -OCH3 is 3. The summed E-state index contributed by atoms with van der Waals surface area (Å²) in [6, 6.07) is 0. The number of carbonyl (C=O) groups is 1. The first-order chi connectivity index (χ1) is 16.3. The number of fused-ring (bicyclic) bond motifs is 1. The van der Waals surface area contributed by atoms with Crippen LogP contribution < -0.4 is 0 Å². The number of hydrogen-bond acceptors (Lipinski definition) is 8. The second-order valence-electron chi connectivity index (χ2n) is 9.24. The summed E-state index contributed by atoms with van der Waals surface area (Å²) in [5.41, 5.74) is 0. The van der Waals surface area contributed by atoms with Crippen LogP contribution in [0.5, 0.6) is 0 Å². The molecular formula is C26H44O8. The Morgan fingerprint density at radius 2 is 1.65 bits per heavy atom. The zero-order valence-electron chi connectivity index (χ0n) is 21.7. The van der Waals surface area contributed by atoms with E-state index >= 15 is 0 Å². The lowest BCUT2D eigenvalue weighted by Crippen LogP contribution is -2.66. The van der Waals surface area contributed by atoms with Crippen molar-refractivity contribution in [2.75, 3.05) is 28.1 Å². The number of hydrogen-bond donors (Lipinski definition) is 0. The van der Waals surface area contributed by atoms with Gasteiger partial charge in [-0.2, -0.15) is 0 Å². The topological polar surface area (TPSA) is 81.7 Å². The minimum absolute atomic E-state index is 0.0968. The molecule has 8 heteroatoms. The van der Waals surface area contributed by atoms with Gasteiger partial charge in [0.2, 0.25) is 11.6 Å². The Morgan fingerprint density at radius 3 is 2.35 bits per heavy atom. The van der Waals surface area contributed by atoms with Gasteiger partial charge in [-0.05, 0) is 59.0 Å². The predicted molar refractivity (Wildman–Crippen MR) is 128 cm³/mol. The van der Waals surface area contributed by atoms with Gasteiger partial charge in [0.1, 0.15) is 19.0 Å². The number of cyclic esters (lactones) is 1. The van der Waals surface area contributed by atoms with Gasteiger partial charge >= 0.3 is 5.97 Å². The van der Waals surface area contributed by atoms with Gasteiger partial charge < -0.3 is 33.2 Å². The summed E-state index contributed by atoms with van der Waals surface area (Å²) in [4.78, 5) is 12.5. The monoisotopic (exact) mass is 484 g/mol. The molecule has 1 saturated heterocycles. The van der Waals surface area contributed by atoms with E-state index in [1.807, 2.05) is 6.92 Å². The Labute approximate surface area is 204 Å². The summed E-state index contributed by atoms with van der Waals surface area (Å²) < 4.78 is 40.9. The van der Waals surface area contributed by atoms with E-state index in [1.165, 1.54) is 26.0 Å². The molecular weight excluding hydrogens is 440 g/mol. The van der Waals surface area contributed by atoms with Gasteiger partial charge in [0, 0.05) is 27.4 Å². The van der Waals surface area contributed by atoms with Gasteiger partial charge in [0.25, 0.3) is 0 Å². The van der Waals surface area contributed by atoms with Crippen molar-refractivity contribution in [3.8, 4) is 0 Å². The summed E-state index contributed by atoms with van der Waals surface area (Å²) in [7, 11) is 4.65. The van der Waals surface area contributed by atoms with Crippen molar-refractivity contribution in [3.63, 3.8) is 0 Å². The van der Waals surface area contributed by atoms with Crippen LogP contribution >= 0.6 is 0 Å². The van der Waals surface area contributed by atoms with Gasteiger partial charge in [-0.25, -0.2) is 4.79 Å². The van der Waals surface area contributed by atoms with Crippen LogP contribution in [0.1, 0.15) is 72.1 Å². The highest BCUT2D eigenvalue weighted by Crippen LogP contribution is 2.41. The number of esters is 1. The van der Waals surface area contributed by atoms with Crippen molar-refractivity contribution in [3.05, 3.63) is 24.3 Å². The lowest BCUT2D eigenvalue weighted by atomic mass is 9.97. The third-order valence-electron chi connectivity index (χ3n) is 6.67. The highest BCUT2D eigenvalue weighted by Gasteiger charge is 2.57. The zero-order valence-corrected chi connectivity index (χ0v) is 21.7. The highest BCUT2D eigenvalue weighted by molar-refractivity contribution is 5.82. The van der Waals surface area contributed by atoms with Crippen molar-refractivity contribution < 1.29 is 38.0 Å². The number of rotatable bonds is 5. The fourth-order valence-electron chi connectivity index (χ4n) is 4.27. The molecule has 34 heavy (non-hydrogen) atoms. The second kappa shape index (κ2) is 14.3. The minimum Gasteiger partial charge on any atom is -0.460 e. The Kier molecular flexibility index (Phi) is 12.2. The molecule has 0 saturated carbocycles. The predicted octanol–water partition coefficient (Wildman–Crippen LogP) is 4.66. The van der Waals surface area contributed by atoms with E-state index in [-0.39, 0.29) is 12.9 Å². The summed E-state index contributed by atoms with van der Waals surface area (Å²) in [5, 5.41) is 0. The first-order valence-electron chi connectivity index (χ1n) is 12.4. The molecule has 6 atom stereocenters. The number of ether oxygens (including phenoxy) is 7. The number of carbonyl (C=O) groups excluding carboxylic acids is 1. The Balaban J connectivity index is 2.34. The van der Waals surface area contributed by atoms with Gasteiger partial charge in [-0.3, -0.25) is 0 Å². The van der Waals surface area contributed by atoms with Crippen LogP contribution in [0.3, 0.4) is 0 Å². The molecule has 2 heterocycles. The first kappa shape index (κ1) is 28.9. The minimum atomic E-state index is -1.22. The molecule has 196 valence electrons. The average molecular weight is 485 g/mol. The van der Waals surface area contributed by atoms with Crippen LogP contribution in [0.15, 0.2) is 24.3 Å². The van der Waals surface area contributed by atoms with Gasteiger partial charge in [0.15, 0.2) is 0 Å². The molecule has 1 fully saturated rings. The Hall–Kier alpha value is -1.29. The average Bonchev–Trinajstić information content (AvgIpc) is 2.82. The van der Waals surface area contributed by atoms with Crippen LogP contribution in [-0.4, -0.2) is 70.1 Å². The van der Waals surface area contributed by atoms with E-state index in [0.29, 0.717) is 6.42 Å². The van der Waals surface area contributed by atoms with Crippen molar-refractivity contribution in [1.82, 2.24) is 0 Å². The molecule has 0 N–H and O–H groups in total. The van der Waals surface area contributed by atoms with E-state index in [4.69, 9.17) is 33.2 Å². The summed E-state index contributed by atoms with van der Waals surface area (Å²) >= 11 is 0. The van der Waals surface area contributed by atoms with Gasteiger partial charge in [-0.15, -0.1) is 0 Å². The Bertz CT molecular complexity index is 665. The molecule has 0 aromatic heterocycles. The van der Waals surface area contributed by atoms with Crippen LogP contribution in [0.2, 0.25) is 0 Å². The second-order valence-corrected chi connectivity index (χ2v) is 9.24. The largest absolute Gasteiger partial charge is 0.460 e. The van der Waals surface area contributed by atoms with Crippen molar-refractivity contribution in [1.29, 1.82) is 0 Å². The molecule has 0 spiro atoms. The van der Waals surface area contributed by atoms with E-state index in [9.17, 15) is 4.79 Å². The van der Waals surface area contributed by atoms with Crippen molar-refractivity contribution in [2.24, 2.45) is 0 Å². The van der Waals surface area contributed by atoms with Gasteiger partial charge in [-0.1, -0.05) is 31.4 Å². The maximum atomic E-state index is 12.5. The molecule has 0 amide bonds. The van der Waals surface area contributed by atoms with E-state index in [2.05, 4.69) is 12.2 Å². The Morgan fingerprint density at radius 1 is 0.971 bits per heavy atom. The van der Waals surface area contributed by atoms with Gasteiger partial charge in [0.05, 0.1) is 12.2 Å². The molecule has 0 aliphatic carbocycles. The fraction of sp³-hybridized carbons (Fsp3) is 0.808. The lowest BCUT2D eigenvalue weighted by molar-refractivity contribution is -0.449. The zero-order chi connectivity index (χ0) is 25.0. The third-order valence-corrected chi connectivity index (χ3v) is 6.67. The molecule has 2 aliphatic rings. The summed E-state index contributed by atoms with van der Waals surface area (Å²) in [5.74, 6) is -2.84. The van der Waals surface area contributed by atoms with Crippen LogP contribution in [0.25, 0.3) is 0 Å². The van der Waals surface area contributed by atoms with Crippen molar-refractivity contribution in [2.45, 2.75) is 108 Å². The highest BCUT2D eigenvalue weighted by atomic mass is 16.8. The fourth-order valence-corrected chi connectivity index (χ4v) is 4.27. The van der Waals surface area contributed by atoms with Crippen LogP contribution in [0.4, 0.5) is 0 Å². The molecule has 0 bridgehead atoms. The van der Waals surface area contributed by atoms with Crippen molar-refractivity contribution >= 4 is 5.97 Å². The maximum Gasteiger partial charge on any atom is 0.330 e. The lowest BCUT2D eigenvalue weighted by Gasteiger charge is -2.52. The summed E-state index contributed by atoms with van der Waals surface area (Å²) in [6.07, 6.45) is 13.8. The molecule has 2 aliphatic heterocycles. The number of allylic oxidation sites excluding steroid dienone is 1. The molecule has 0 aromatic carbocycles. The maximum absolute atomic E-state index is 12.5. The quantitative estimate of drug-likeness (QED) is 0.317. The van der Waals surface area contributed by atoms with E-state index in [1.54, 1.807) is 34.1 Å². The van der Waals surface area contributed by atoms with Crippen LogP contribution in [0, 0.1) is 0 Å². The summed E-state index contributed by atoms with van der Waals surface area (Å²) in [6.45, 7) is 5.54. The molecule has 0 aromatic rings. The van der Waals surface area contributed by atoms with Crippen LogP contribution in [-0.2, 0) is 38.0 Å². The van der Waals surface area contributed by atoms with E-state index < -0.39 is 35.9 Å². The molecule has 0 unspecified atom stereocenters. The van der Waals surface area contributed by atoms with E-state index in [0.717, 1.165) is 32.1 Å². The smallest absolute Gasteiger partial charge is 0.330 e. The molecule has 2 rings (SSSR count). The normalized spacial score (nSPS) is 38.7. The standard InChI is InChI=1S/C26H44O8/c1-20-15-13-11-9-7-8-10-12-14-16-21(31-19-28-4)24-22(17-18-23(27)32-20)33-25(2,29-5)26(3,30-6)34-24/h12,14,17-18,20-22,24H,7-11,13,15-16,19H2,1-6H3/b14-12-,18-17+/t20-,21+,22+,24-,25+,26+/m0/s1. The molecule has 8 nitrogen and oxygen atoms in total.